The van der Waals surface area contributed by atoms with Crippen LogP contribution in [0.1, 0.15) is 35.1 Å². The lowest BCUT2D eigenvalue weighted by molar-refractivity contribution is 0.0909. The number of hydrogen-bond acceptors (Lipinski definition) is 3. The minimum atomic E-state index is -0.192. The van der Waals surface area contributed by atoms with Gasteiger partial charge in [-0.05, 0) is 56.7 Å². The molecule has 0 bridgehead atoms. The van der Waals surface area contributed by atoms with E-state index < -0.39 is 0 Å². The van der Waals surface area contributed by atoms with Crippen molar-refractivity contribution in [1.29, 1.82) is 0 Å². The van der Waals surface area contributed by atoms with Gasteiger partial charge in [0.2, 0.25) is 5.78 Å². The molecule has 1 aromatic heterocycles. The molecule has 0 N–H and O–H groups in total. The maximum atomic E-state index is 13.6. The van der Waals surface area contributed by atoms with Gasteiger partial charge in [-0.15, -0.1) is 0 Å². The highest BCUT2D eigenvalue weighted by atomic mass is 16.1. The molecule has 3 aromatic carbocycles. The molecule has 0 aliphatic carbocycles. The molecule has 4 heteroatoms. The van der Waals surface area contributed by atoms with E-state index in [2.05, 4.69) is 79.2 Å². The first-order valence-electron chi connectivity index (χ1n) is 11.1. The van der Waals surface area contributed by atoms with E-state index in [1.165, 1.54) is 11.1 Å². The van der Waals surface area contributed by atoms with E-state index in [0.29, 0.717) is 12.4 Å². The first-order valence-corrected chi connectivity index (χ1v) is 11.1. The Balaban J connectivity index is 1.66. The molecule has 4 nitrogen and oxygen atoms in total. The number of carbonyl (C=O) groups is 1. The van der Waals surface area contributed by atoms with Gasteiger partial charge in [0.25, 0.3) is 0 Å². The molecule has 4 rings (SSSR count). The minimum Gasteiger partial charge on any atom is -0.341 e. The number of para-hydroxylation sites is 1. The molecule has 0 saturated carbocycles. The molecule has 0 amide bonds. The molecule has 0 aliphatic heterocycles. The number of aryl methyl sites for hydroxylation is 2. The van der Waals surface area contributed by atoms with Crippen LogP contribution in [0.15, 0.2) is 91.3 Å². The van der Waals surface area contributed by atoms with E-state index in [-0.39, 0.29) is 11.7 Å². The largest absolute Gasteiger partial charge is 0.341 e. The van der Waals surface area contributed by atoms with E-state index in [1.54, 1.807) is 6.20 Å². The van der Waals surface area contributed by atoms with E-state index in [9.17, 15) is 4.79 Å². The molecule has 0 aliphatic rings. The van der Waals surface area contributed by atoms with Crippen molar-refractivity contribution in [1.82, 2.24) is 9.55 Å². The molecule has 162 valence electrons. The zero-order valence-electron chi connectivity index (χ0n) is 18.9. The lowest BCUT2D eigenvalue weighted by Crippen LogP contribution is -2.31. The molecule has 0 unspecified atom stereocenters. The summed E-state index contributed by atoms with van der Waals surface area (Å²) in [6.45, 7) is 6.83. The SMILES string of the molecule is CC[C@H](CN(c1ccc(C)cc1)c1ccc(C)cc1)C(=O)c1nccn1-c1ccccc1. The van der Waals surface area contributed by atoms with Gasteiger partial charge in [-0.3, -0.25) is 9.36 Å². The fourth-order valence-electron chi connectivity index (χ4n) is 3.89. The van der Waals surface area contributed by atoms with Gasteiger partial charge in [0, 0.05) is 41.9 Å². The number of hydrogen-bond donors (Lipinski definition) is 0. The summed E-state index contributed by atoms with van der Waals surface area (Å²) in [5, 5.41) is 0. The van der Waals surface area contributed by atoms with Crippen molar-refractivity contribution < 1.29 is 4.79 Å². The highest BCUT2D eigenvalue weighted by Crippen LogP contribution is 2.29. The summed E-state index contributed by atoms with van der Waals surface area (Å²) >= 11 is 0. The number of rotatable bonds is 8. The standard InChI is InChI=1S/C28H29N3O/c1-4-23(27(32)28-29-18-19-30(28)24-8-6-5-7-9-24)20-31(25-14-10-21(2)11-15-25)26-16-12-22(3)13-17-26/h5-19,23H,4,20H2,1-3H3/t23-/m1/s1. The van der Waals surface area contributed by atoms with E-state index >= 15 is 0 Å². The van der Waals surface area contributed by atoms with Crippen molar-refractivity contribution in [2.75, 3.05) is 11.4 Å². The Bertz CT molecular complexity index is 1120. The predicted octanol–water partition coefficient (Wildman–Crippen LogP) is 6.54. The normalized spacial score (nSPS) is 11.8. The Morgan fingerprint density at radius 1 is 0.875 bits per heavy atom. The first-order chi connectivity index (χ1) is 15.6. The molecule has 0 saturated heterocycles. The molecule has 0 radical (unpaired) electrons. The Hall–Kier alpha value is -3.66. The Kier molecular flexibility index (Phi) is 6.50. The van der Waals surface area contributed by atoms with E-state index in [1.807, 2.05) is 41.1 Å². The fraction of sp³-hybridized carbons (Fsp3) is 0.214. The number of benzene rings is 3. The van der Waals surface area contributed by atoms with Crippen molar-refractivity contribution in [3.63, 3.8) is 0 Å². The number of carbonyl (C=O) groups excluding carboxylic acids is 1. The fourth-order valence-corrected chi connectivity index (χ4v) is 3.89. The average molecular weight is 424 g/mol. The highest BCUT2D eigenvalue weighted by molar-refractivity contribution is 5.96. The molecular formula is C28H29N3O. The molecule has 0 fully saturated rings. The zero-order chi connectivity index (χ0) is 22.5. The van der Waals surface area contributed by atoms with Gasteiger partial charge in [-0.1, -0.05) is 60.5 Å². The van der Waals surface area contributed by atoms with Crippen LogP contribution in [-0.4, -0.2) is 21.9 Å². The average Bonchev–Trinajstić information content (AvgIpc) is 3.32. The maximum absolute atomic E-state index is 13.6. The van der Waals surface area contributed by atoms with Crippen LogP contribution in [0.3, 0.4) is 0 Å². The molecule has 1 heterocycles. The second-order valence-electron chi connectivity index (χ2n) is 8.21. The van der Waals surface area contributed by atoms with Gasteiger partial charge in [0.05, 0.1) is 0 Å². The van der Waals surface area contributed by atoms with Crippen LogP contribution < -0.4 is 4.90 Å². The number of nitrogens with zero attached hydrogens (tertiary/aromatic N) is 3. The quantitative estimate of drug-likeness (QED) is 0.302. The molecular weight excluding hydrogens is 394 g/mol. The molecule has 4 aromatic rings. The summed E-state index contributed by atoms with van der Waals surface area (Å²) in [5.74, 6) is 0.351. The lowest BCUT2D eigenvalue weighted by Gasteiger charge is -2.29. The smallest absolute Gasteiger partial charge is 0.203 e. The third-order valence-electron chi connectivity index (χ3n) is 5.85. The second-order valence-corrected chi connectivity index (χ2v) is 8.21. The van der Waals surface area contributed by atoms with Crippen molar-refractivity contribution >= 4 is 17.2 Å². The topological polar surface area (TPSA) is 38.1 Å². The number of Topliss-reactive ketones (excluding diaryl/α,β-unsaturated/α-hetero) is 1. The Morgan fingerprint density at radius 2 is 1.44 bits per heavy atom. The zero-order valence-corrected chi connectivity index (χ0v) is 18.9. The summed E-state index contributed by atoms with van der Waals surface area (Å²) in [7, 11) is 0. The monoisotopic (exact) mass is 423 g/mol. The van der Waals surface area contributed by atoms with Gasteiger partial charge in [0.1, 0.15) is 0 Å². The van der Waals surface area contributed by atoms with Crippen LogP contribution in [0.2, 0.25) is 0 Å². The maximum Gasteiger partial charge on any atom is 0.203 e. The van der Waals surface area contributed by atoms with Crippen molar-refractivity contribution in [3.8, 4) is 5.69 Å². The second kappa shape index (κ2) is 9.65. The third-order valence-corrected chi connectivity index (χ3v) is 5.85. The van der Waals surface area contributed by atoms with Crippen molar-refractivity contribution in [2.24, 2.45) is 5.92 Å². The van der Waals surface area contributed by atoms with Crippen molar-refractivity contribution in [2.45, 2.75) is 27.2 Å². The van der Waals surface area contributed by atoms with E-state index in [0.717, 1.165) is 23.5 Å². The molecule has 1 atom stereocenters. The predicted molar refractivity (Wildman–Crippen MR) is 131 cm³/mol. The minimum absolute atomic E-state index is 0.0607. The van der Waals surface area contributed by atoms with Crippen LogP contribution in [0.25, 0.3) is 5.69 Å². The summed E-state index contributed by atoms with van der Waals surface area (Å²) < 4.78 is 1.88. The first kappa shape index (κ1) is 21.6. The number of imidazole rings is 1. The Morgan fingerprint density at radius 3 is 1.97 bits per heavy atom. The number of anilines is 2. The van der Waals surface area contributed by atoms with Gasteiger partial charge in [-0.2, -0.15) is 0 Å². The van der Waals surface area contributed by atoms with Gasteiger partial charge < -0.3 is 4.90 Å². The Labute approximate surface area is 190 Å². The highest BCUT2D eigenvalue weighted by Gasteiger charge is 2.26. The van der Waals surface area contributed by atoms with Gasteiger partial charge >= 0.3 is 0 Å². The van der Waals surface area contributed by atoms with E-state index in [4.69, 9.17) is 0 Å². The number of aromatic nitrogens is 2. The van der Waals surface area contributed by atoms with Crippen LogP contribution in [0.5, 0.6) is 0 Å². The summed E-state index contributed by atoms with van der Waals surface area (Å²) in [4.78, 5) is 20.3. The van der Waals surface area contributed by atoms with Crippen LogP contribution >= 0.6 is 0 Å². The van der Waals surface area contributed by atoms with Crippen LogP contribution in [0, 0.1) is 19.8 Å². The summed E-state index contributed by atoms with van der Waals surface area (Å²) in [6, 6.07) is 26.8. The molecule has 0 spiro atoms. The summed E-state index contributed by atoms with van der Waals surface area (Å²) in [6.07, 6.45) is 4.28. The van der Waals surface area contributed by atoms with Crippen molar-refractivity contribution in [3.05, 3.63) is 108 Å². The third kappa shape index (κ3) is 4.65. The lowest BCUT2D eigenvalue weighted by atomic mass is 9.98. The number of ketones is 1. The summed E-state index contributed by atoms with van der Waals surface area (Å²) in [5.41, 5.74) is 5.53. The van der Waals surface area contributed by atoms with Gasteiger partial charge in [0.15, 0.2) is 5.82 Å². The van der Waals surface area contributed by atoms with Crippen LogP contribution in [0.4, 0.5) is 11.4 Å². The van der Waals surface area contributed by atoms with Crippen LogP contribution in [-0.2, 0) is 0 Å². The van der Waals surface area contributed by atoms with Gasteiger partial charge in [-0.25, -0.2) is 4.98 Å². The molecule has 32 heavy (non-hydrogen) atoms.